The molecule has 0 saturated heterocycles. The third-order valence-electron chi connectivity index (χ3n) is 2.45. The molecule has 2 aromatic rings. The van der Waals surface area contributed by atoms with E-state index in [1.165, 1.54) is 15.3 Å². The van der Waals surface area contributed by atoms with E-state index in [4.69, 9.17) is 4.74 Å². The first-order valence-electron chi connectivity index (χ1n) is 5.55. The molecule has 90 valence electrons. The lowest BCUT2D eigenvalue weighted by Gasteiger charge is -2.04. The number of aryl methyl sites for hydroxylation is 1. The number of hydrogen-bond donors (Lipinski definition) is 1. The third-order valence-corrected chi connectivity index (χ3v) is 3.54. The Kier molecular flexibility index (Phi) is 4.12. The van der Waals surface area contributed by atoms with Crippen molar-refractivity contribution in [1.29, 1.82) is 0 Å². The van der Waals surface area contributed by atoms with Crippen LogP contribution in [0.2, 0.25) is 0 Å². The first-order valence-corrected chi connectivity index (χ1v) is 6.37. The molecule has 0 atom stereocenters. The highest BCUT2D eigenvalue weighted by molar-refractivity contribution is 7.12. The maximum absolute atomic E-state index is 5.69. The molecule has 0 aliphatic rings. The van der Waals surface area contributed by atoms with Gasteiger partial charge in [-0.3, -0.25) is 4.98 Å². The lowest BCUT2D eigenvalue weighted by molar-refractivity contribution is 0.305. The van der Waals surface area contributed by atoms with Gasteiger partial charge >= 0.3 is 0 Å². The van der Waals surface area contributed by atoms with Gasteiger partial charge in [0.05, 0.1) is 6.20 Å². The molecule has 0 fully saturated rings. The minimum absolute atomic E-state index is 0.609. The first-order chi connectivity index (χ1) is 8.29. The van der Waals surface area contributed by atoms with Crippen LogP contribution in [-0.2, 0) is 13.2 Å². The van der Waals surface area contributed by atoms with Crippen molar-refractivity contribution < 1.29 is 4.74 Å². The number of rotatable bonds is 5. The molecule has 2 aromatic heterocycles. The van der Waals surface area contributed by atoms with Crippen molar-refractivity contribution >= 4 is 11.3 Å². The Morgan fingerprint density at radius 2 is 2.35 bits per heavy atom. The van der Waals surface area contributed by atoms with E-state index in [1.807, 2.05) is 30.5 Å². The fraction of sp³-hybridized carbons (Fsp3) is 0.308. The van der Waals surface area contributed by atoms with Crippen LogP contribution in [0.1, 0.15) is 15.3 Å². The molecular weight excluding hydrogens is 232 g/mol. The predicted octanol–water partition coefficient (Wildman–Crippen LogP) is 2.75. The summed E-state index contributed by atoms with van der Waals surface area (Å²) in [5.74, 6) is 0.813. The maximum Gasteiger partial charge on any atom is 0.138 e. The first kappa shape index (κ1) is 12.1. The Morgan fingerprint density at radius 1 is 1.47 bits per heavy atom. The summed E-state index contributed by atoms with van der Waals surface area (Å²) >= 11 is 1.82. The summed E-state index contributed by atoms with van der Waals surface area (Å²) in [6, 6.07) is 6.00. The molecule has 2 heterocycles. The van der Waals surface area contributed by atoms with E-state index in [0.29, 0.717) is 6.61 Å². The average Bonchev–Trinajstić information content (AvgIpc) is 2.69. The zero-order valence-corrected chi connectivity index (χ0v) is 10.9. The highest BCUT2D eigenvalue weighted by Crippen LogP contribution is 2.22. The van der Waals surface area contributed by atoms with Gasteiger partial charge in [0.2, 0.25) is 0 Å². The van der Waals surface area contributed by atoms with E-state index in [-0.39, 0.29) is 0 Å². The Labute approximate surface area is 105 Å². The SMILES string of the molecule is CNCc1cc(COc2cccnc2)c(C)s1. The van der Waals surface area contributed by atoms with Gasteiger partial charge in [-0.2, -0.15) is 0 Å². The van der Waals surface area contributed by atoms with E-state index < -0.39 is 0 Å². The summed E-state index contributed by atoms with van der Waals surface area (Å²) in [6.45, 7) is 3.65. The van der Waals surface area contributed by atoms with E-state index in [2.05, 4.69) is 23.3 Å². The van der Waals surface area contributed by atoms with Gasteiger partial charge in [-0.1, -0.05) is 0 Å². The molecule has 4 heteroatoms. The number of aromatic nitrogens is 1. The summed E-state index contributed by atoms with van der Waals surface area (Å²) in [5, 5.41) is 3.16. The molecule has 0 saturated carbocycles. The number of thiophene rings is 1. The number of nitrogens with zero attached hydrogens (tertiary/aromatic N) is 1. The number of ether oxygens (including phenoxy) is 1. The molecule has 17 heavy (non-hydrogen) atoms. The molecule has 0 unspecified atom stereocenters. The second kappa shape index (κ2) is 5.80. The van der Waals surface area contributed by atoms with E-state index >= 15 is 0 Å². The molecule has 0 amide bonds. The van der Waals surface area contributed by atoms with Gasteiger partial charge in [-0.15, -0.1) is 11.3 Å². The highest BCUT2D eigenvalue weighted by Gasteiger charge is 2.05. The quantitative estimate of drug-likeness (QED) is 0.883. The summed E-state index contributed by atoms with van der Waals surface area (Å²) in [6.07, 6.45) is 3.48. The molecule has 0 aliphatic heterocycles. The third kappa shape index (κ3) is 3.28. The monoisotopic (exact) mass is 248 g/mol. The van der Waals surface area contributed by atoms with Crippen molar-refractivity contribution in [1.82, 2.24) is 10.3 Å². The van der Waals surface area contributed by atoms with E-state index in [9.17, 15) is 0 Å². The van der Waals surface area contributed by atoms with Crippen molar-refractivity contribution in [3.8, 4) is 5.75 Å². The summed E-state index contributed by atoms with van der Waals surface area (Å²) < 4.78 is 5.69. The van der Waals surface area contributed by atoms with Crippen LogP contribution < -0.4 is 10.1 Å². The van der Waals surface area contributed by atoms with E-state index in [0.717, 1.165) is 12.3 Å². The lowest BCUT2D eigenvalue weighted by Crippen LogP contribution is -2.02. The Hall–Kier alpha value is -1.39. The number of nitrogens with one attached hydrogen (secondary N) is 1. The van der Waals surface area contributed by atoms with Crippen LogP contribution in [0.4, 0.5) is 0 Å². The van der Waals surface area contributed by atoms with Gasteiger partial charge in [0, 0.05) is 28.1 Å². The van der Waals surface area contributed by atoms with Crippen LogP contribution in [0, 0.1) is 6.92 Å². The fourth-order valence-electron chi connectivity index (χ4n) is 1.59. The van der Waals surface area contributed by atoms with Crippen LogP contribution in [0.3, 0.4) is 0 Å². The van der Waals surface area contributed by atoms with Crippen LogP contribution >= 0.6 is 11.3 Å². The lowest BCUT2D eigenvalue weighted by atomic mass is 10.2. The van der Waals surface area contributed by atoms with Crippen LogP contribution in [0.25, 0.3) is 0 Å². The van der Waals surface area contributed by atoms with E-state index in [1.54, 1.807) is 12.4 Å². The normalized spacial score (nSPS) is 10.5. The molecule has 1 N–H and O–H groups in total. The van der Waals surface area contributed by atoms with Gasteiger partial charge in [0.15, 0.2) is 0 Å². The molecule has 0 aromatic carbocycles. The van der Waals surface area contributed by atoms with Gasteiger partial charge in [0.25, 0.3) is 0 Å². The predicted molar refractivity (Wildman–Crippen MR) is 70.4 cm³/mol. The van der Waals surface area contributed by atoms with Crippen molar-refractivity contribution in [2.24, 2.45) is 0 Å². The zero-order chi connectivity index (χ0) is 12.1. The maximum atomic E-state index is 5.69. The number of hydrogen-bond acceptors (Lipinski definition) is 4. The summed E-state index contributed by atoms with van der Waals surface area (Å²) in [5.41, 5.74) is 1.25. The minimum atomic E-state index is 0.609. The highest BCUT2D eigenvalue weighted by atomic mass is 32.1. The van der Waals surface area contributed by atoms with Crippen molar-refractivity contribution in [2.75, 3.05) is 7.05 Å². The van der Waals surface area contributed by atoms with Crippen molar-refractivity contribution in [3.05, 3.63) is 45.9 Å². The number of pyridine rings is 1. The van der Waals surface area contributed by atoms with Gasteiger partial charge < -0.3 is 10.1 Å². The summed E-state index contributed by atoms with van der Waals surface area (Å²) in [7, 11) is 1.96. The van der Waals surface area contributed by atoms with Crippen LogP contribution in [-0.4, -0.2) is 12.0 Å². The zero-order valence-electron chi connectivity index (χ0n) is 10.1. The smallest absolute Gasteiger partial charge is 0.138 e. The Balaban J connectivity index is 1.99. The molecule has 0 radical (unpaired) electrons. The van der Waals surface area contributed by atoms with Gasteiger partial charge in [-0.25, -0.2) is 0 Å². The standard InChI is InChI=1S/C13H16N2OS/c1-10-11(6-13(17-10)8-14-2)9-16-12-4-3-5-15-7-12/h3-7,14H,8-9H2,1-2H3. The van der Waals surface area contributed by atoms with Crippen LogP contribution in [0.15, 0.2) is 30.6 Å². The van der Waals surface area contributed by atoms with Crippen molar-refractivity contribution in [3.63, 3.8) is 0 Å². The second-order valence-electron chi connectivity index (χ2n) is 3.80. The Bertz CT molecular complexity index is 468. The molecular formula is C13H16N2OS. The Morgan fingerprint density at radius 3 is 3.06 bits per heavy atom. The largest absolute Gasteiger partial charge is 0.487 e. The summed E-state index contributed by atoms with van der Waals surface area (Å²) in [4.78, 5) is 6.68. The molecule has 3 nitrogen and oxygen atoms in total. The van der Waals surface area contributed by atoms with Gasteiger partial charge in [0.1, 0.15) is 12.4 Å². The topological polar surface area (TPSA) is 34.1 Å². The minimum Gasteiger partial charge on any atom is -0.487 e. The van der Waals surface area contributed by atoms with Gasteiger partial charge in [-0.05, 0) is 32.2 Å². The van der Waals surface area contributed by atoms with Crippen LogP contribution in [0.5, 0.6) is 5.75 Å². The fourth-order valence-corrected chi connectivity index (χ4v) is 2.65. The molecule has 2 rings (SSSR count). The molecule has 0 spiro atoms. The molecule has 0 aliphatic carbocycles. The van der Waals surface area contributed by atoms with Crippen molar-refractivity contribution in [2.45, 2.75) is 20.1 Å². The second-order valence-corrected chi connectivity index (χ2v) is 5.14. The average molecular weight is 248 g/mol. The molecule has 0 bridgehead atoms.